The van der Waals surface area contributed by atoms with Crippen LogP contribution in [0.1, 0.15) is 20.3 Å². The van der Waals surface area contributed by atoms with Crippen molar-refractivity contribution >= 4 is 28.9 Å². The highest BCUT2D eigenvalue weighted by molar-refractivity contribution is 6.33. The predicted molar refractivity (Wildman–Crippen MR) is 74.2 cm³/mol. The lowest BCUT2D eigenvalue weighted by atomic mass is 9.99. The molecule has 7 heteroatoms. The minimum absolute atomic E-state index is 0.0115. The molecule has 0 saturated heterocycles. The van der Waals surface area contributed by atoms with Crippen molar-refractivity contribution in [3.05, 3.63) is 33.3 Å². The van der Waals surface area contributed by atoms with Crippen molar-refractivity contribution in [2.24, 2.45) is 11.7 Å². The Kier molecular flexibility index (Phi) is 5.26. The molecule has 0 bridgehead atoms. The van der Waals surface area contributed by atoms with Gasteiger partial charge in [-0.2, -0.15) is 0 Å². The first-order chi connectivity index (χ1) is 8.86. The Balaban J connectivity index is 2.90. The lowest BCUT2D eigenvalue weighted by Crippen LogP contribution is -2.40. The van der Waals surface area contributed by atoms with Crippen LogP contribution in [0.25, 0.3) is 0 Å². The standard InChI is InChI=1S/C12H16ClN3O3/c1-3-7(2)11(14)12(17)15-10-6-8(16(18)19)4-5-9(10)13/h4-7,11H,3,14H2,1-2H3,(H,15,17)/t7-,11-/m0/s1. The Morgan fingerprint density at radius 2 is 2.21 bits per heavy atom. The summed E-state index contributed by atoms with van der Waals surface area (Å²) in [7, 11) is 0. The third-order valence-electron chi connectivity index (χ3n) is 2.98. The van der Waals surface area contributed by atoms with E-state index in [4.69, 9.17) is 17.3 Å². The Morgan fingerprint density at radius 1 is 1.58 bits per heavy atom. The van der Waals surface area contributed by atoms with Crippen molar-refractivity contribution in [1.82, 2.24) is 0 Å². The van der Waals surface area contributed by atoms with Crippen LogP contribution >= 0.6 is 11.6 Å². The van der Waals surface area contributed by atoms with Gasteiger partial charge in [-0.15, -0.1) is 0 Å². The Hall–Kier alpha value is -1.66. The van der Waals surface area contributed by atoms with E-state index in [2.05, 4.69) is 5.32 Å². The molecule has 0 radical (unpaired) electrons. The first-order valence-corrected chi connectivity index (χ1v) is 6.25. The number of carbonyl (C=O) groups excluding carboxylic acids is 1. The number of amides is 1. The topological polar surface area (TPSA) is 98.3 Å². The average molecular weight is 286 g/mol. The highest BCUT2D eigenvalue weighted by Crippen LogP contribution is 2.27. The molecule has 104 valence electrons. The summed E-state index contributed by atoms with van der Waals surface area (Å²) >= 11 is 5.88. The van der Waals surface area contributed by atoms with Crippen molar-refractivity contribution in [2.45, 2.75) is 26.3 Å². The monoisotopic (exact) mass is 285 g/mol. The van der Waals surface area contributed by atoms with Gasteiger partial charge < -0.3 is 11.1 Å². The summed E-state index contributed by atoms with van der Waals surface area (Å²) in [5, 5.41) is 13.4. The molecule has 0 aliphatic heterocycles. The van der Waals surface area contributed by atoms with Gasteiger partial charge in [-0.1, -0.05) is 31.9 Å². The second-order valence-electron chi connectivity index (χ2n) is 4.32. The SMILES string of the molecule is CC[C@H](C)[C@H](N)C(=O)Nc1cc([N+](=O)[O-])ccc1Cl. The van der Waals surface area contributed by atoms with Crippen molar-refractivity contribution in [1.29, 1.82) is 0 Å². The molecular weight excluding hydrogens is 270 g/mol. The van der Waals surface area contributed by atoms with Gasteiger partial charge in [0, 0.05) is 12.1 Å². The van der Waals surface area contributed by atoms with E-state index in [1.54, 1.807) is 0 Å². The molecule has 1 aromatic rings. The van der Waals surface area contributed by atoms with Crippen LogP contribution < -0.4 is 11.1 Å². The van der Waals surface area contributed by atoms with Gasteiger partial charge in [0.05, 0.1) is 21.7 Å². The van der Waals surface area contributed by atoms with E-state index in [1.165, 1.54) is 18.2 Å². The van der Waals surface area contributed by atoms with E-state index in [0.29, 0.717) is 0 Å². The Labute approximate surface area is 116 Å². The van der Waals surface area contributed by atoms with E-state index in [9.17, 15) is 14.9 Å². The summed E-state index contributed by atoms with van der Waals surface area (Å²) in [5.74, 6) is -0.394. The smallest absolute Gasteiger partial charge is 0.271 e. The van der Waals surface area contributed by atoms with E-state index in [1.807, 2.05) is 13.8 Å². The highest BCUT2D eigenvalue weighted by atomic mass is 35.5. The Bertz CT molecular complexity index is 493. The van der Waals surface area contributed by atoms with Gasteiger partial charge >= 0.3 is 0 Å². The summed E-state index contributed by atoms with van der Waals surface area (Å²) in [4.78, 5) is 22.0. The van der Waals surface area contributed by atoms with Gasteiger partial charge in [0.15, 0.2) is 0 Å². The molecule has 1 rings (SSSR count). The summed E-state index contributed by atoms with van der Waals surface area (Å²) in [6, 6.07) is 3.17. The molecule has 19 heavy (non-hydrogen) atoms. The fraction of sp³-hybridized carbons (Fsp3) is 0.417. The maximum atomic E-state index is 11.9. The van der Waals surface area contributed by atoms with Crippen LogP contribution in [0, 0.1) is 16.0 Å². The zero-order valence-corrected chi connectivity index (χ0v) is 11.5. The fourth-order valence-electron chi connectivity index (χ4n) is 1.45. The number of halogens is 1. The second kappa shape index (κ2) is 6.49. The quantitative estimate of drug-likeness (QED) is 0.641. The number of hydrogen-bond donors (Lipinski definition) is 2. The molecule has 0 unspecified atom stereocenters. The van der Waals surface area contributed by atoms with Crippen LogP contribution in [0.5, 0.6) is 0 Å². The summed E-state index contributed by atoms with van der Waals surface area (Å²) < 4.78 is 0. The number of rotatable bonds is 5. The number of nitro groups is 1. The largest absolute Gasteiger partial charge is 0.323 e. The molecule has 0 aliphatic carbocycles. The lowest BCUT2D eigenvalue weighted by molar-refractivity contribution is -0.384. The van der Waals surface area contributed by atoms with Gasteiger partial charge in [0.1, 0.15) is 0 Å². The van der Waals surface area contributed by atoms with E-state index in [0.717, 1.165) is 6.42 Å². The fourth-order valence-corrected chi connectivity index (χ4v) is 1.62. The number of non-ortho nitro benzene ring substituents is 1. The van der Waals surface area contributed by atoms with Gasteiger partial charge in [0.25, 0.3) is 5.69 Å². The number of benzene rings is 1. The van der Waals surface area contributed by atoms with Crippen LogP contribution in [0.2, 0.25) is 5.02 Å². The van der Waals surface area contributed by atoms with E-state index < -0.39 is 16.9 Å². The van der Waals surface area contributed by atoms with Crippen LogP contribution in [-0.4, -0.2) is 16.9 Å². The third-order valence-corrected chi connectivity index (χ3v) is 3.31. The number of nitrogens with zero attached hydrogens (tertiary/aromatic N) is 1. The van der Waals surface area contributed by atoms with Gasteiger partial charge in [0.2, 0.25) is 5.91 Å². The molecule has 1 amide bonds. The summed E-state index contributed by atoms with van der Waals surface area (Å²) in [6.45, 7) is 3.79. The molecule has 0 fully saturated rings. The van der Waals surface area contributed by atoms with Crippen molar-refractivity contribution in [3.8, 4) is 0 Å². The molecule has 0 saturated carbocycles. The predicted octanol–water partition coefficient (Wildman–Crippen LogP) is 2.56. The van der Waals surface area contributed by atoms with Crippen molar-refractivity contribution in [3.63, 3.8) is 0 Å². The lowest BCUT2D eigenvalue weighted by Gasteiger charge is -2.18. The van der Waals surface area contributed by atoms with Crippen LogP contribution in [-0.2, 0) is 4.79 Å². The molecular formula is C12H16ClN3O3. The average Bonchev–Trinajstić information content (AvgIpc) is 2.38. The van der Waals surface area contributed by atoms with E-state index >= 15 is 0 Å². The molecule has 6 nitrogen and oxygen atoms in total. The second-order valence-corrected chi connectivity index (χ2v) is 4.73. The zero-order valence-electron chi connectivity index (χ0n) is 10.7. The molecule has 0 spiro atoms. The molecule has 2 atom stereocenters. The van der Waals surface area contributed by atoms with Crippen LogP contribution in [0.3, 0.4) is 0 Å². The molecule has 0 aliphatic rings. The van der Waals surface area contributed by atoms with Crippen LogP contribution in [0.4, 0.5) is 11.4 Å². The first kappa shape index (κ1) is 15.4. The number of nitro benzene ring substituents is 1. The van der Waals surface area contributed by atoms with Crippen LogP contribution in [0.15, 0.2) is 18.2 Å². The zero-order chi connectivity index (χ0) is 14.6. The third kappa shape index (κ3) is 3.90. The summed E-state index contributed by atoms with van der Waals surface area (Å²) in [6.07, 6.45) is 0.761. The maximum absolute atomic E-state index is 11.9. The number of hydrogen-bond acceptors (Lipinski definition) is 4. The normalized spacial score (nSPS) is 13.7. The van der Waals surface area contributed by atoms with Crippen molar-refractivity contribution in [2.75, 3.05) is 5.32 Å². The van der Waals surface area contributed by atoms with E-state index in [-0.39, 0.29) is 22.3 Å². The van der Waals surface area contributed by atoms with Gasteiger partial charge in [-0.3, -0.25) is 14.9 Å². The maximum Gasteiger partial charge on any atom is 0.271 e. The van der Waals surface area contributed by atoms with Crippen molar-refractivity contribution < 1.29 is 9.72 Å². The minimum atomic E-state index is -0.680. The highest BCUT2D eigenvalue weighted by Gasteiger charge is 2.21. The molecule has 3 N–H and O–H groups in total. The number of carbonyl (C=O) groups is 1. The van der Waals surface area contributed by atoms with Gasteiger partial charge in [-0.05, 0) is 12.0 Å². The Morgan fingerprint density at radius 3 is 2.74 bits per heavy atom. The summed E-state index contributed by atoms with van der Waals surface area (Å²) in [5.41, 5.74) is 5.83. The number of nitrogens with one attached hydrogen (secondary N) is 1. The molecule has 0 aromatic heterocycles. The number of nitrogens with two attached hydrogens (primary N) is 1. The molecule has 1 aromatic carbocycles. The molecule has 0 heterocycles. The first-order valence-electron chi connectivity index (χ1n) is 5.87. The minimum Gasteiger partial charge on any atom is -0.323 e. The number of anilines is 1. The van der Waals surface area contributed by atoms with Gasteiger partial charge in [-0.25, -0.2) is 0 Å².